The standard InChI is InChI=1S/C49H31N5OS/c1-5-16-32(17-6-1)40-31-41(51-46(50-40)33-18-7-2-8-19-33)36-28-29-37(38-24-15-26-43-45(38)56-44-27-14-13-25-42(44)55-43)39(30-36)49-53-47(34-20-9-3-10-21-34)52-48(54-49)35-22-11-4-12-23-35/h1-31H. The Bertz CT molecular complexity index is 2740. The van der Waals surface area contributed by atoms with Crippen LogP contribution in [0.25, 0.3) is 79.2 Å². The number of ether oxygens (including phenoxy) is 1. The first kappa shape index (κ1) is 33.4. The van der Waals surface area contributed by atoms with Crippen molar-refractivity contribution >= 4 is 11.8 Å². The molecule has 3 heterocycles. The zero-order valence-corrected chi connectivity index (χ0v) is 30.8. The number of fused-ring (bicyclic) bond motifs is 2. The van der Waals surface area contributed by atoms with E-state index in [-0.39, 0.29) is 0 Å². The Morgan fingerprint density at radius 3 is 1.45 bits per heavy atom. The summed E-state index contributed by atoms with van der Waals surface area (Å²) in [5.41, 5.74) is 9.10. The number of para-hydroxylation sites is 1. The van der Waals surface area contributed by atoms with Gasteiger partial charge in [0.1, 0.15) is 11.5 Å². The van der Waals surface area contributed by atoms with Crippen LogP contribution in [0.3, 0.4) is 0 Å². The van der Waals surface area contributed by atoms with Gasteiger partial charge in [-0.1, -0.05) is 169 Å². The summed E-state index contributed by atoms with van der Waals surface area (Å²) in [6.45, 7) is 0. The summed E-state index contributed by atoms with van der Waals surface area (Å²) < 4.78 is 6.46. The second-order valence-electron chi connectivity index (χ2n) is 13.3. The molecule has 9 aromatic rings. The summed E-state index contributed by atoms with van der Waals surface area (Å²) in [5, 5.41) is 0. The van der Waals surface area contributed by atoms with Crippen LogP contribution in [0.15, 0.2) is 198 Å². The zero-order chi connectivity index (χ0) is 37.3. The van der Waals surface area contributed by atoms with E-state index < -0.39 is 0 Å². The van der Waals surface area contributed by atoms with Gasteiger partial charge in [0.2, 0.25) is 0 Å². The largest absolute Gasteiger partial charge is 0.455 e. The van der Waals surface area contributed by atoms with Crippen LogP contribution in [0.1, 0.15) is 0 Å². The number of benzene rings is 7. The van der Waals surface area contributed by atoms with Gasteiger partial charge in [-0.15, -0.1) is 0 Å². The van der Waals surface area contributed by atoms with Gasteiger partial charge >= 0.3 is 0 Å². The van der Waals surface area contributed by atoms with Crippen molar-refractivity contribution < 1.29 is 4.74 Å². The summed E-state index contributed by atoms with van der Waals surface area (Å²) in [4.78, 5) is 27.7. The number of hydrogen-bond acceptors (Lipinski definition) is 7. The molecule has 264 valence electrons. The molecule has 0 saturated carbocycles. The van der Waals surface area contributed by atoms with E-state index in [1.807, 2.05) is 140 Å². The van der Waals surface area contributed by atoms with E-state index in [0.29, 0.717) is 23.3 Å². The molecule has 56 heavy (non-hydrogen) atoms. The maximum absolute atomic E-state index is 6.46. The van der Waals surface area contributed by atoms with Gasteiger partial charge < -0.3 is 4.74 Å². The minimum Gasteiger partial charge on any atom is -0.455 e. The number of rotatable bonds is 7. The Balaban J connectivity index is 1.22. The second-order valence-corrected chi connectivity index (χ2v) is 14.3. The van der Waals surface area contributed by atoms with Crippen molar-refractivity contribution in [2.45, 2.75) is 9.79 Å². The molecule has 0 bridgehead atoms. The highest BCUT2D eigenvalue weighted by molar-refractivity contribution is 7.99. The molecule has 0 unspecified atom stereocenters. The number of hydrogen-bond donors (Lipinski definition) is 0. The first-order chi connectivity index (χ1) is 27.7. The second kappa shape index (κ2) is 14.5. The van der Waals surface area contributed by atoms with Crippen LogP contribution in [0, 0.1) is 0 Å². The first-order valence-electron chi connectivity index (χ1n) is 18.3. The molecule has 0 N–H and O–H groups in total. The maximum atomic E-state index is 6.46. The van der Waals surface area contributed by atoms with Gasteiger partial charge in [-0.05, 0) is 35.9 Å². The van der Waals surface area contributed by atoms with Crippen molar-refractivity contribution in [3.63, 3.8) is 0 Å². The smallest absolute Gasteiger partial charge is 0.164 e. The predicted molar refractivity (Wildman–Crippen MR) is 224 cm³/mol. The average molecular weight is 738 g/mol. The lowest BCUT2D eigenvalue weighted by atomic mass is 9.95. The molecule has 0 fully saturated rings. The molecule has 6 nitrogen and oxygen atoms in total. The van der Waals surface area contributed by atoms with Gasteiger partial charge in [0, 0.05) is 38.9 Å². The predicted octanol–water partition coefficient (Wildman–Crippen LogP) is 12.6. The molecule has 0 amide bonds. The summed E-state index contributed by atoms with van der Waals surface area (Å²) in [5.74, 6) is 4.04. The number of nitrogens with zero attached hydrogens (tertiary/aromatic N) is 5. The Kier molecular flexibility index (Phi) is 8.67. The Hall–Kier alpha value is -7.22. The quantitative estimate of drug-likeness (QED) is 0.161. The van der Waals surface area contributed by atoms with Crippen LogP contribution in [0.5, 0.6) is 11.5 Å². The Morgan fingerprint density at radius 1 is 0.321 bits per heavy atom. The van der Waals surface area contributed by atoms with E-state index in [4.69, 9.17) is 29.7 Å². The van der Waals surface area contributed by atoms with Crippen LogP contribution in [-0.2, 0) is 0 Å². The molecule has 0 aliphatic carbocycles. The summed E-state index contributed by atoms with van der Waals surface area (Å²) in [7, 11) is 0. The molecular weight excluding hydrogens is 707 g/mol. The lowest BCUT2D eigenvalue weighted by Crippen LogP contribution is -2.02. The van der Waals surface area contributed by atoms with Crippen molar-refractivity contribution in [1.29, 1.82) is 0 Å². The van der Waals surface area contributed by atoms with E-state index in [0.717, 1.165) is 77.2 Å². The minimum atomic E-state index is 0.551. The third-order valence-corrected chi connectivity index (χ3v) is 10.8. The van der Waals surface area contributed by atoms with Crippen LogP contribution in [0.2, 0.25) is 0 Å². The monoisotopic (exact) mass is 737 g/mol. The lowest BCUT2D eigenvalue weighted by molar-refractivity contribution is 0.455. The van der Waals surface area contributed by atoms with Crippen molar-refractivity contribution in [3.05, 3.63) is 188 Å². The molecule has 10 rings (SSSR count). The molecular formula is C49H31N5OS. The van der Waals surface area contributed by atoms with Crippen LogP contribution < -0.4 is 4.74 Å². The lowest BCUT2D eigenvalue weighted by Gasteiger charge is -2.23. The van der Waals surface area contributed by atoms with E-state index in [9.17, 15) is 0 Å². The number of aromatic nitrogens is 5. The highest BCUT2D eigenvalue weighted by atomic mass is 32.2. The van der Waals surface area contributed by atoms with E-state index in [1.54, 1.807) is 11.8 Å². The van der Waals surface area contributed by atoms with Crippen LogP contribution in [0.4, 0.5) is 0 Å². The zero-order valence-electron chi connectivity index (χ0n) is 30.0. The van der Waals surface area contributed by atoms with Gasteiger partial charge in [0.25, 0.3) is 0 Å². The highest BCUT2D eigenvalue weighted by Gasteiger charge is 2.24. The normalized spacial score (nSPS) is 11.6. The molecule has 0 radical (unpaired) electrons. The molecule has 2 aromatic heterocycles. The first-order valence-corrected chi connectivity index (χ1v) is 19.1. The molecule has 0 atom stereocenters. The molecule has 1 aliphatic heterocycles. The van der Waals surface area contributed by atoms with E-state index in [2.05, 4.69) is 48.5 Å². The molecule has 1 aliphatic rings. The SMILES string of the molecule is c1ccc(-c2cc(-c3ccc(-c4cccc5c4Sc4ccccc4O5)c(-c4nc(-c5ccccc5)nc(-c5ccccc5)n4)c3)nc(-c3ccccc3)n2)cc1. The Morgan fingerprint density at radius 2 is 0.821 bits per heavy atom. The third-order valence-electron chi connectivity index (χ3n) is 9.63. The van der Waals surface area contributed by atoms with Gasteiger partial charge in [0.15, 0.2) is 23.3 Å². The summed E-state index contributed by atoms with van der Waals surface area (Å²) in [6.07, 6.45) is 0. The molecule has 7 heteroatoms. The van der Waals surface area contributed by atoms with Gasteiger partial charge in [-0.3, -0.25) is 0 Å². The van der Waals surface area contributed by atoms with Gasteiger partial charge in [-0.2, -0.15) is 0 Å². The third kappa shape index (κ3) is 6.50. The molecule has 0 saturated heterocycles. The van der Waals surface area contributed by atoms with Crippen molar-refractivity contribution in [3.8, 4) is 90.7 Å². The Labute approximate surface area is 328 Å². The van der Waals surface area contributed by atoms with Crippen LogP contribution >= 0.6 is 11.8 Å². The van der Waals surface area contributed by atoms with Gasteiger partial charge in [-0.25, -0.2) is 24.9 Å². The summed E-state index contributed by atoms with van der Waals surface area (Å²) >= 11 is 1.71. The van der Waals surface area contributed by atoms with E-state index >= 15 is 0 Å². The fourth-order valence-electron chi connectivity index (χ4n) is 6.88. The van der Waals surface area contributed by atoms with Crippen LogP contribution in [-0.4, -0.2) is 24.9 Å². The highest BCUT2D eigenvalue weighted by Crippen LogP contribution is 2.52. The van der Waals surface area contributed by atoms with E-state index in [1.165, 1.54) is 0 Å². The fraction of sp³-hybridized carbons (Fsp3) is 0. The average Bonchev–Trinajstić information content (AvgIpc) is 3.29. The van der Waals surface area contributed by atoms with Crippen molar-refractivity contribution in [1.82, 2.24) is 24.9 Å². The minimum absolute atomic E-state index is 0.551. The molecule has 0 spiro atoms. The maximum Gasteiger partial charge on any atom is 0.164 e. The fourth-order valence-corrected chi connectivity index (χ4v) is 7.96. The van der Waals surface area contributed by atoms with Crippen molar-refractivity contribution in [2.24, 2.45) is 0 Å². The van der Waals surface area contributed by atoms with Gasteiger partial charge in [0.05, 0.1) is 21.2 Å². The molecule has 7 aromatic carbocycles. The topological polar surface area (TPSA) is 73.7 Å². The van der Waals surface area contributed by atoms with Crippen molar-refractivity contribution in [2.75, 3.05) is 0 Å². The summed E-state index contributed by atoms with van der Waals surface area (Å²) in [6, 6.07) is 63.3.